The van der Waals surface area contributed by atoms with Crippen LogP contribution < -0.4 is 0 Å². The Hall–Kier alpha value is -2.71. The first-order valence-corrected chi connectivity index (χ1v) is 10.8. The summed E-state index contributed by atoms with van der Waals surface area (Å²) in [7, 11) is 0. The van der Waals surface area contributed by atoms with Gasteiger partial charge in [0.1, 0.15) is 5.82 Å². The molecule has 0 spiro atoms. The standard InChI is InChI=1S/C24H27N5/c25-13-3-4-16-29-21-10-2-1-9-20(21)27-22(29)17-28-15-6-8-19-12-11-18-7-5-14-26-23(18)24(19)28/h1-2,5,7,9-10,14,19,24H,3-4,6,8,11-12,15-17H2/t19-,24+/m0/s1. The van der Waals surface area contributed by atoms with Gasteiger partial charge >= 0.3 is 0 Å². The number of aryl methyl sites for hydroxylation is 2. The summed E-state index contributed by atoms with van der Waals surface area (Å²) in [5.41, 5.74) is 4.94. The normalized spacial score (nSPS) is 21.5. The van der Waals surface area contributed by atoms with Crippen LogP contribution in [0.25, 0.3) is 11.0 Å². The number of likely N-dealkylation sites (tertiary alicyclic amines) is 1. The Morgan fingerprint density at radius 3 is 3.00 bits per heavy atom. The number of piperidine rings is 1. The summed E-state index contributed by atoms with van der Waals surface area (Å²) in [4.78, 5) is 12.4. The van der Waals surface area contributed by atoms with Crippen molar-refractivity contribution in [3.63, 3.8) is 0 Å². The topological polar surface area (TPSA) is 57.7 Å². The summed E-state index contributed by atoms with van der Waals surface area (Å²) >= 11 is 0. The summed E-state index contributed by atoms with van der Waals surface area (Å²) in [6, 6.07) is 15.4. The number of imidazole rings is 1. The second-order valence-electron chi connectivity index (χ2n) is 8.33. The average Bonchev–Trinajstić information content (AvgIpc) is 3.11. The third-order valence-corrected chi connectivity index (χ3v) is 6.60. The van der Waals surface area contributed by atoms with Gasteiger partial charge < -0.3 is 4.57 Å². The molecule has 5 heteroatoms. The minimum Gasteiger partial charge on any atom is -0.327 e. The van der Waals surface area contributed by atoms with Crippen LogP contribution in [0.2, 0.25) is 0 Å². The van der Waals surface area contributed by atoms with Gasteiger partial charge in [-0.2, -0.15) is 5.26 Å². The van der Waals surface area contributed by atoms with E-state index in [-0.39, 0.29) is 0 Å². The largest absolute Gasteiger partial charge is 0.327 e. The molecule has 1 aliphatic carbocycles. The van der Waals surface area contributed by atoms with Gasteiger partial charge in [-0.15, -0.1) is 0 Å². The highest BCUT2D eigenvalue weighted by Gasteiger charge is 2.38. The number of benzene rings is 1. The smallest absolute Gasteiger partial charge is 0.124 e. The van der Waals surface area contributed by atoms with Crippen LogP contribution in [0, 0.1) is 17.2 Å². The van der Waals surface area contributed by atoms with Gasteiger partial charge in [-0.1, -0.05) is 18.2 Å². The number of aromatic nitrogens is 3. The van der Waals surface area contributed by atoms with Crippen molar-refractivity contribution in [2.75, 3.05) is 6.54 Å². The van der Waals surface area contributed by atoms with Crippen LogP contribution in [0.3, 0.4) is 0 Å². The summed E-state index contributed by atoms with van der Waals surface area (Å²) in [5, 5.41) is 8.97. The maximum absolute atomic E-state index is 8.97. The van der Waals surface area contributed by atoms with Gasteiger partial charge in [0.05, 0.1) is 35.4 Å². The Morgan fingerprint density at radius 1 is 1.14 bits per heavy atom. The molecule has 0 radical (unpaired) electrons. The van der Waals surface area contributed by atoms with Gasteiger partial charge in [-0.05, 0) is 68.3 Å². The van der Waals surface area contributed by atoms with Gasteiger partial charge in [0.15, 0.2) is 0 Å². The van der Waals surface area contributed by atoms with Crippen molar-refractivity contribution in [1.82, 2.24) is 19.4 Å². The predicted octanol–water partition coefficient (Wildman–Crippen LogP) is 4.63. The molecule has 148 valence electrons. The first kappa shape index (κ1) is 18.3. The van der Waals surface area contributed by atoms with Gasteiger partial charge in [0, 0.05) is 19.2 Å². The van der Waals surface area contributed by atoms with E-state index in [0.717, 1.165) is 43.8 Å². The number of pyridine rings is 1. The molecule has 3 aromatic rings. The van der Waals surface area contributed by atoms with Gasteiger partial charge in [-0.25, -0.2) is 4.98 Å². The molecule has 1 aliphatic heterocycles. The SMILES string of the molecule is N#CCCCn1c(CN2CCC[C@H]3CCc4cccnc4[C@@H]32)nc2ccccc21. The molecule has 0 amide bonds. The van der Waals surface area contributed by atoms with Crippen molar-refractivity contribution in [2.45, 2.75) is 57.7 Å². The number of fused-ring (bicyclic) bond motifs is 4. The molecule has 0 unspecified atom stereocenters. The summed E-state index contributed by atoms with van der Waals surface area (Å²) in [6.45, 7) is 2.79. The maximum atomic E-state index is 8.97. The number of rotatable bonds is 5. The quantitative estimate of drug-likeness (QED) is 0.601. The van der Waals surface area contributed by atoms with Crippen molar-refractivity contribution in [3.05, 3.63) is 59.7 Å². The molecule has 5 nitrogen and oxygen atoms in total. The van der Waals surface area contributed by atoms with Crippen LogP contribution >= 0.6 is 0 Å². The fraction of sp³-hybridized carbons (Fsp3) is 0.458. The second kappa shape index (κ2) is 7.96. The monoisotopic (exact) mass is 385 g/mol. The molecular weight excluding hydrogens is 358 g/mol. The van der Waals surface area contributed by atoms with E-state index in [4.69, 9.17) is 15.2 Å². The average molecular weight is 386 g/mol. The fourth-order valence-corrected chi connectivity index (χ4v) is 5.29. The molecule has 0 N–H and O–H groups in total. The lowest BCUT2D eigenvalue weighted by atomic mass is 9.77. The van der Waals surface area contributed by atoms with Gasteiger partial charge in [-0.3, -0.25) is 9.88 Å². The first-order chi connectivity index (χ1) is 14.3. The second-order valence-corrected chi connectivity index (χ2v) is 8.33. The molecule has 2 aliphatic rings. The maximum Gasteiger partial charge on any atom is 0.124 e. The van der Waals surface area contributed by atoms with E-state index in [1.807, 2.05) is 6.20 Å². The highest BCUT2D eigenvalue weighted by atomic mass is 15.2. The highest BCUT2D eigenvalue weighted by Crippen LogP contribution is 2.43. The van der Waals surface area contributed by atoms with E-state index in [1.165, 1.54) is 36.0 Å². The number of hydrogen-bond donors (Lipinski definition) is 0. The molecular formula is C24H27N5. The minimum atomic E-state index is 0.404. The van der Waals surface area contributed by atoms with Crippen molar-refractivity contribution in [2.24, 2.45) is 5.92 Å². The van der Waals surface area contributed by atoms with Crippen molar-refractivity contribution >= 4 is 11.0 Å². The highest BCUT2D eigenvalue weighted by molar-refractivity contribution is 5.75. The zero-order valence-electron chi connectivity index (χ0n) is 16.8. The van der Waals surface area contributed by atoms with Crippen LogP contribution in [0.4, 0.5) is 0 Å². The molecule has 0 bridgehead atoms. The lowest BCUT2D eigenvalue weighted by Crippen LogP contribution is -2.41. The molecule has 3 heterocycles. The Morgan fingerprint density at radius 2 is 2.07 bits per heavy atom. The summed E-state index contributed by atoms with van der Waals surface area (Å²) < 4.78 is 2.33. The van der Waals surface area contributed by atoms with Crippen LogP contribution in [0.1, 0.15) is 55.2 Å². The lowest BCUT2D eigenvalue weighted by Gasteiger charge is -2.44. The van der Waals surface area contributed by atoms with Gasteiger partial charge in [0.2, 0.25) is 0 Å². The van der Waals surface area contributed by atoms with E-state index in [9.17, 15) is 0 Å². The van der Waals surface area contributed by atoms with Crippen LogP contribution in [-0.2, 0) is 19.5 Å². The molecule has 2 aromatic heterocycles. The zero-order chi connectivity index (χ0) is 19.6. The number of para-hydroxylation sites is 2. The third kappa shape index (κ3) is 3.42. The van der Waals surface area contributed by atoms with Crippen LogP contribution in [0.15, 0.2) is 42.6 Å². The number of unbranched alkanes of at least 4 members (excludes halogenated alkanes) is 1. The van der Waals surface area contributed by atoms with Gasteiger partial charge in [0.25, 0.3) is 0 Å². The number of nitriles is 1. The Bertz CT molecular complexity index is 1050. The Kier molecular flexibility index (Phi) is 5.03. The summed E-state index contributed by atoms with van der Waals surface area (Å²) in [6.07, 6.45) is 8.36. The minimum absolute atomic E-state index is 0.404. The third-order valence-electron chi connectivity index (χ3n) is 6.60. The van der Waals surface area contributed by atoms with Crippen molar-refractivity contribution < 1.29 is 0 Å². The van der Waals surface area contributed by atoms with Crippen LogP contribution in [-0.4, -0.2) is 26.0 Å². The molecule has 29 heavy (non-hydrogen) atoms. The lowest BCUT2D eigenvalue weighted by molar-refractivity contribution is 0.0664. The molecule has 1 fully saturated rings. The van der Waals surface area contributed by atoms with Crippen molar-refractivity contribution in [1.29, 1.82) is 5.26 Å². The number of hydrogen-bond acceptors (Lipinski definition) is 4. The Balaban J connectivity index is 1.49. The van der Waals surface area contributed by atoms with E-state index >= 15 is 0 Å². The Labute approximate surface area is 172 Å². The summed E-state index contributed by atoms with van der Waals surface area (Å²) in [5.74, 6) is 1.82. The predicted molar refractivity (Wildman–Crippen MR) is 113 cm³/mol. The molecule has 2 atom stereocenters. The molecule has 1 saturated heterocycles. The fourth-order valence-electron chi connectivity index (χ4n) is 5.29. The number of nitrogens with zero attached hydrogens (tertiary/aromatic N) is 5. The first-order valence-electron chi connectivity index (χ1n) is 10.8. The zero-order valence-corrected chi connectivity index (χ0v) is 16.8. The molecule has 5 rings (SSSR count). The van der Waals surface area contributed by atoms with Crippen LogP contribution in [0.5, 0.6) is 0 Å². The van der Waals surface area contributed by atoms with E-state index in [0.29, 0.717) is 18.4 Å². The van der Waals surface area contributed by atoms with E-state index < -0.39 is 0 Å². The van der Waals surface area contributed by atoms with E-state index in [2.05, 4.69) is 51.9 Å². The van der Waals surface area contributed by atoms with Crippen molar-refractivity contribution in [3.8, 4) is 6.07 Å². The molecule has 1 aromatic carbocycles. The molecule has 0 saturated carbocycles. The van der Waals surface area contributed by atoms with E-state index in [1.54, 1.807) is 0 Å².